The minimum atomic E-state index is -1.15. The van der Waals surface area contributed by atoms with Crippen molar-refractivity contribution in [2.24, 2.45) is 11.8 Å². The van der Waals surface area contributed by atoms with E-state index in [0.29, 0.717) is 48.9 Å². The summed E-state index contributed by atoms with van der Waals surface area (Å²) < 4.78 is 0. The molecule has 0 aromatic heterocycles. The highest BCUT2D eigenvalue weighted by Gasteiger charge is 2.30. The fraction of sp³-hybridized carbons (Fsp3) is 0.583. The van der Waals surface area contributed by atoms with Crippen LogP contribution in [0.15, 0.2) is 24.3 Å². The Morgan fingerprint density at radius 3 is 2.43 bits per heavy atom. The van der Waals surface area contributed by atoms with E-state index >= 15 is 0 Å². The summed E-state index contributed by atoms with van der Waals surface area (Å²) in [5.74, 6) is -1.84. The number of benzene rings is 1. The zero-order valence-corrected chi connectivity index (χ0v) is 21.2. The Morgan fingerprint density at radius 2 is 1.77 bits per heavy atom. The number of rotatable bonds is 9. The second kappa shape index (κ2) is 14.3. The lowest BCUT2D eigenvalue weighted by molar-refractivity contribution is -0.138. The normalized spacial score (nSPS) is 19.2. The number of carbonyl (C=O) groups is 4. The van der Waals surface area contributed by atoms with Gasteiger partial charge in [-0.3, -0.25) is 19.2 Å². The molecule has 11 heteroatoms. The van der Waals surface area contributed by atoms with Gasteiger partial charge < -0.3 is 26.0 Å². The summed E-state index contributed by atoms with van der Waals surface area (Å²) in [5.41, 5.74) is 0.303. The number of likely N-dealkylation sites (tertiary alicyclic amines) is 1. The summed E-state index contributed by atoms with van der Waals surface area (Å²) in [5, 5.41) is 18.2. The molecule has 0 aliphatic carbocycles. The number of hydrogen-bond acceptors (Lipinski definition) is 5. The van der Waals surface area contributed by atoms with E-state index in [4.69, 9.17) is 11.6 Å². The maximum absolute atomic E-state index is 12.9. The average Bonchev–Trinajstić information content (AvgIpc) is 2.83. The molecular weight excluding hydrogens is 495 g/mol. The third-order valence-corrected chi connectivity index (χ3v) is 6.73. The minimum absolute atomic E-state index is 0. The topological polar surface area (TPSA) is 128 Å². The Bertz CT molecular complexity index is 877. The molecule has 2 atom stereocenters. The van der Waals surface area contributed by atoms with E-state index in [9.17, 15) is 24.3 Å². The van der Waals surface area contributed by atoms with Gasteiger partial charge in [0.25, 0.3) is 5.91 Å². The molecule has 1 aromatic rings. The number of nitrogens with zero attached hydrogens (tertiary/aromatic N) is 1. The van der Waals surface area contributed by atoms with Crippen LogP contribution < -0.4 is 16.0 Å². The zero-order valence-electron chi connectivity index (χ0n) is 19.6. The molecule has 3 amide bonds. The van der Waals surface area contributed by atoms with Crippen LogP contribution in [0.4, 0.5) is 0 Å². The summed E-state index contributed by atoms with van der Waals surface area (Å²) >= 11 is 5.84. The van der Waals surface area contributed by atoms with Crippen molar-refractivity contribution in [3.05, 3.63) is 34.9 Å². The maximum Gasteiger partial charge on any atom is 0.307 e. The maximum atomic E-state index is 12.9. The molecule has 194 valence electrons. The Morgan fingerprint density at radius 1 is 1.09 bits per heavy atom. The standard InChI is InChI=1S/C24H33ClN4O5.ClH/c25-19-6-4-17(5-7-19)23(33)27-20(14-22(31)32)28-24(34)18-2-1-13-29(15-18)21(30)8-3-16-9-11-26-12-10-16;/h4-7,16,18,20,26H,1-3,8-15H2,(H,27,33)(H,28,34)(H,31,32);1H/t18-,20-;/m1./s1. The quantitative estimate of drug-likeness (QED) is 0.364. The van der Waals surface area contributed by atoms with Gasteiger partial charge >= 0.3 is 5.97 Å². The molecule has 3 rings (SSSR count). The zero-order chi connectivity index (χ0) is 24.5. The van der Waals surface area contributed by atoms with Crippen LogP contribution in [0, 0.1) is 11.8 Å². The predicted molar refractivity (Wildman–Crippen MR) is 134 cm³/mol. The van der Waals surface area contributed by atoms with Crippen LogP contribution in [0.3, 0.4) is 0 Å². The van der Waals surface area contributed by atoms with Gasteiger partial charge in [-0.25, -0.2) is 0 Å². The average molecular weight is 529 g/mol. The third-order valence-electron chi connectivity index (χ3n) is 6.48. The second-order valence-corrected chi connectivity index (χ2v) is 9.49. The molecule has 0 unspecified atom stereocenters. The number of amides is 3. The van der Waals surface area contributed by atoms with Crippen LogP contribution in [-0.2, 0) is 14.4 Å². The van der Waals surface area contributed by atoms with Crippen LogP contribution in [0.5, 0.6) is 0 Å². The van der Waals surface area contributed by atoms with Gasteiger partial charge in [0.15, 0.2) is 0 Å². The first kappa shape index (κ1) is 28.9. The Kier molecular flexibility index (Phi) is 11.8. The van der Waals surface area contributed by atoms with Crippen LogP contribution in [-0.4, -0.2) is 66.0 Å². The molecule has 0 radical (unpaired) electrons. The van der Waals surface area contributed by atoms with Crippen molar-refractivity contribution in [2.45, 2.75) is 51.1 Å². The van der Waals surface area contributed by atoms with Gasteiger partial charge in [-0.05, 0) is 75.4 Å². The fourth-order valence-corrected chi connectivity index (χ4v) is 4.64. The predicted octanol–water partition coefficient (Wildman–Crippen LogP) is 2.43. The van der Waals surface area contributed by atoms with E-state index in [0.717, 1.165) is 32.4 Å². The molecule has 9 nitrogen and oxygen atoms in total. The highest BCUT2D eigenvalue weighted by Crippen LogP contribution is 2.22. The fourth-order valence-electron chi connectivity index (χ4n) is 4.52. The SMILES string of the molecule is Cl.O=C(O)C[C@H](NC(=O)c1ccc(Cl)cc1)NC(=O)[C@@H]1CCCN(C(=O)CCC2CCNCC2)C1. The van der Waals surface area contributed by atoms with Crippen molar-refractivity contribution in [3.63, 3.8) is 0 Å². The van der Waals surface area contributed by atoms with Gasteiger partial charge in [-0.2, -0.15) is 0 Å². The van der Waals surface area contributed by atoms with E-state index in [2.05, 4.69) is 16.0 Å². The summed E-state index contributed by atoms with van der Waals surface area (Å²) in [4.78, 5) is 51.2. The van der Waals surface area contributed by atoms with Crippen molar-refractivity contribution in [1.82, 2.24) is 20.9 Å². The van der Waals surface area contributed by atoms with Crippen molar-refractivity contribution < 1.29 is 24.3 Å². The highest BCUT2D eigenvalue weighted by molar-refractivity contribution is 6.30. The number of piperidine rings is 2. The summed E-state index contributed by atoms with van der Waals surface area (Å²) in [6.07, 6.45) is 3.31. The van der Waals surface area contributed by atoms with Crippen LogP contribution >= 0.6 is 24.0 Å². The molecule has 2 aliphatic heterocycles. The summed E-state index contributed by atoms with van der Waals surface area (Å²) in [6, 6.07) is 6.15. The van der Waals surface area contributed by atoms with Crippen LogP contribution in [0.2, 0.25) is 5.02 Å². The third kappa shape index (κ3) is 9.31. The Balaban J connectivity index is 0.00000432. The van der Waals surface area contributed by atoms with E-state index in [1.54, 1.807) is 17.0 Å². The van der Waals surface area contributed by atoms with Crippen molar-refractivity contribution in [1.29, 1.82) is 0 Å². The number of carboxylic acid groups (broad SMARTS) is 1. The number of hydrogen-bond donors (Lipinski definition) is 4. The van der Waals surface area contributed by atoms with Gasteiger partial charge in [0.05, 0.1) is 12.3 Å². The number of carbonyl (C=O) groups excluding carboxylic acids is 3. The molecular formula is C24H34Cl2N4O5. The van der Waals surface area contributed by atoms with Crippen molar-refractivity contribution in [2.75, 3.05) is 26.2 Å². The Labute approximate surface area is 216 Å². The van der Waals surface area contributed by atoms with Crippen molar-refractivity contribution >= 4 is 47.7 Å². The van der Waals surface area contributed by atoms with Crippen molar-refractivity contribution in [3.8, 4) is 0 Å². The highest BCUT2D eigenvalue weighted by atomic mass is 35.5. The molecule has 2 aliphatic rings. The molecule has 0 bridgehead atoms. The van der Waals surface area contributed by atoms with E-state index in [1.807, 2.05) is 0 Å². The van der Waals surface area contributed by atoms with Gasteiger partial charge in [0.1, 0.15) is 6.17 Å². The molecule has 1 aromatic carbocycles. The van der Waals surface area contributed by atoms with Crippen LogP contribution in [0.25, 0.3) is 0 Å². The van der Waals surface area contributed by atoms with E-state index in [-0.39, 0.29) is 24.2 Å². The molecule has 2 heterocycles. The molecule has 0 saturated carbocycles. The van der Waals surface area contributed by atoms with Gasteiger partial charge in [0, 0.05) is 30.1 Å². The second-order valence-electron chi connectivity index (χ2n) is 9.05. The summed E-state index contributed by atoms with van der Waals surface area (Å²) in [6.45, 7) is 2.93. The molecule has 0 spiro atoms. The van der Waals surface area contributed by atoms with Gasteiger partial charge in [-0.1, -0.05) is 11.6 Å². The van der Waals surface area contributed by atoms with Gasteiger partial charge in [0.2, 0.25) is 11.8 Å². The lowest BCUT2D eigenvalue weighted by atomic mass is 9.92. The minimum Gasteiger partial charge on any atom is -0.481 e. The first-order valence-corrected chi connectivity index (χ1v) is 12.3. The van der Waals surface area contributed by atoms with Gasteiger partial charge in [-0.15, -0.1) is 12.4 Å². The first-order valence-electron chi connectivity index (χ1n) is 11.9. The molecule has 2 fully saturated rings. The molecule has 35 heavy (non-hydrogen) atoms. The van der Waals surface area contributed by atoms with Crippen LogP contribution in [0.1, 0.15) is 55.3 Å². The first-order chi connectivity index (χ1) is 16.3. The molecule has 2 saturated heterocycles. The van der Waals surface area contributed by atoms with E-state index < -0.39 is 30.4 Å². The number of halogens is 2. The summed E-state index contributed by atoms with van der Waals surface area (Å²) in [7, 11) is 0. The molecule has 4 N–H and O–H groups in total. The monoisotopic (exact) mass is 528 g/mol. The Hall–Kier alpha value is -2.36. The number of nitrogens with one attached hydrogen (secondary N) is 3. The largest absolute Gasteiger partial charge is 0.481 e. The lowest BCUT2D eigenvalue weighted by Gasteiger charge is -2.33. The lowest BCUT2D eigenvalue weighted by Crippen LogP contribution is -2.53. The smallest absolute Gasteiger partial charge is 0.307 e. The number of aliphatic carboxylic acids is 1. The van der Waals surface area contributed by atoms with E-state index in [1.165, 1.54) is 12.1 Å². The number of carboxylic acids is 1.